The lowest BCUT2D eigenvalue weighted by molar-refractivity contribution is -0.122. The van der Waals surface area contributed by atoms with Gasteiger partial charge in [0.05, 0.1) is 0 Å². The molecular weight excluding hydrogens is 413 g/mol. The summed E-state index contributed by atoms with van der Waals surface area (Å²) in [6, 6.07) is 13.4. The molecule has 1 aliphatic heterocycles. The first-order valence-corrected chi connectivity index (χ1v) is 10.5. The third-order valence-electron chi connectivity index (χ3n) is 5.55. The topological polar surface area (TPSA) is 114 Å². The summed E-state index contributed by atoms with van der Waals surface area (Å²) in [7, 11) is 0. The number of nitrogens with zero attached hydrogens (tertiary/aromatic N) is 3. The molecule has 2 heterocycles. The number of nitrogens with one attached hydrogen (secondary N) is 1. The zero-order valence-electron chi connectivity index (χ0n) is 17.5. The van der Waals surface area contributed by atoms with Gasteiger partial charge in [0, 0.05) is 48.8 Å². The number of halogens is 1. The molecule has 0 saturated carbocycles. The fourth-order valence-electron chi connectivity index (χ4n) is 3.69. The van der Waals surface area contributed by atoms with Gasteiger partial charge in [-0.05, 0) is 61.4 Å². The second-order valence-corrected chi connectivity index (χ2v) is 7.78. The van der Waals surface area contributed by atoms with Crippen LogP contribution >= 0.6 is 0 Å². The van der Waals surface area contributed by atoms with Gasteiger partial charge in [0.15, 0.2) is 0 Å². The minimum Gasteiger partial charge on any atom is -0.371 e. The SMILES string of the molecule is NC(=O)C1CCN(c2ccc(NC(=O)CCc3nc(-c4ccc(F)cc4)no3)cc2)CC1. The molecule has 0 spiro atoms. The summed E-state index contributed by atoms with van der Waals surface area (Å²) < 4.78 is 18.2. The summed E-state index contributed by atoms with van der Waals surface area (Å²) in [4.78, 5) is 30.1. The maximum Gasteiger partial charge on any atom is 0.227 e. The summed E-state index contributed by atoms with van der Waals surface area (Å²) >= 11 is 0. The van der Waals surface area contributed by atoms with E-state index in [1.54, 1.807) is 12.1 Å². The van der Waals surface area contributed by atoms with Crippen LogP contribution in [-0.4, -0.2) is 35.0 Å². The molecule has 0 bridgehead atoms. The predicted molar refractivity (Wildman–Crippen MR) is 117 cm³/mol. The van der Waals surface area contributed by atoms with E-state index >= 15 is 0 Å². The number of nitrogens with two attached hydrogens (primary N) is 1. The van der Waals surface area contributed by atoms with E-state index in [-0.39, 0.29) is 30.0 Å². The van der Waals surface area contributed by atoms with Crippen molar-refractivity contribution >= 4 is 23.2 Å². The van der Waals surface area contributed by atoms with Gasteiger partial charge >= 0.3 is 0 Å². The van der Waals surface area contributed by atoms with Crippen LogP contribution in [-0.2, 0) is 16.0 Å². The Morgan fingerprint density at radius 1 is 1.09 bits per heavy atom. The van der Waals surface area contributed by atoms with E-state index in [1.165, 1.54) is 12.1 Å². The number of anilines is 2. The standard InChI is InChI=1S/C23H24FN5O3/c24-17-3-1-16(2-4-17)23-27-21(32-28-23)10-9-20(30)26-18-5-7-19(8-6-18)29-13-11-15(12-14-29)22(25)31/h1-8,15H,9-14H2,(H2,25,31)(H,26,30). The fraction of sp³-hybridized carbons (Fsp3) is 0.304. The van der Waals surface area contributed by atoms with Gasteiger partial charge in [-0.25, -0.2) is 4.39 Å². The maximum atomic E-state index is 13.0. The summed E-state index contributed by atoms with van der Waals surface area (Å²) in [6.07, 6.45) is 2.00. The van der Waals surface area contributed by atoms with Crippen LogP contribution in [0.5, 0.6) is 0 Å². The van der Waals surface area contributed by atoms with E-state index in [9.17, 15) is 14.0 Å². The number of carbonyl (C=O) groups is 2. The molecule has 3 aromatic rings. The molecule has 1 fully saturated rings. The molecule has 0 unspecified atom stereocenters. The maximum absolute atomic E-state index is 13.0. The molecule has 0 radical (unpaired) electrons. The van der Waals surface area contributed by atoms with Crippen molar-refractivity contribution < 1.29 is 18.5 Å². The van der Waals surface area contributed by atoms with E-state index < -0.39 is 0 Å². The molecule has 0 atom stereocenters. The molecule has 3 N–H and O–H groups in total. The van der Waals surface area contributed by atoms with E-state index in [4.69, 9.17) is 10.3 Å². The lowest BCUT2D eigenvalue weighted by atomic mass is 9.96. The highest BCUT2D eigenvalue weighted by Crippen LogP contribution is 2.24. The van der Waals surface area contributed by atoms with Crippen molar-refractivity contribution in [3.8, 4) is 11.4 Å². The largest absolute Gasteiger partial charge is 0.371 e. The molecule has 1 aliphatic rings. The number of amides is 2. The predicted octanol–water partition coefficient (Wildman–Crippen LogP) is 3.15. The number of aryl methyl sites for hydroxylation is 1. The van der Waals surface area contributed by atoms with Gasteiger partial charge in [0.2, 0.25) is 23.5 Å². The lowest BCUT2D eigenvalue weighted by Crippen LogP contribution is -2.38. The number of aromatic nitrogens is 2. The normalized spacial score (nSPS) is 14.3. The Kier molecular flexibility index (Phi) is 6.44. The number of piperidine rings is 1. The smallest absolute Gasteiger partial charge is 0.227 e. The Bertz CT molecular complexity index is 1070. The van der Waals surface area contributed by atoms with Gasteiger partial charge in [-0.3, -0.25) is 9.59 Å². The van der Waals surface area contributed by atoms with Gasteiger partial charge < -0.3 is 20.5 Å². The second kappa shape index (κ2) is 9.59. The lowest BCUT2D eigenvalue weighted by Gasteiger charge is -2.32. The molecule has 0 aliphatic carbocycles. The van der Waals surface area contributed by atoms with Crippen LogP contribution < -0.4 is 16.0 Å². The van der Waals surface area contributed by atoms with Crippen molar-refractivity contribution in [2.45, 2.75) is 25.7 Å². The van der Waals surface area contributed by atoms with Crippen LogP contribution in [0.3, 0.4) is 0 Å². The van der Waals surface area contributed by atoms with Crippen LogP contribution in [0, 0.1) is 11.7 Å². The molecule has 32 heavy (non-hydrogen) atoms. The summed E-state index contributed by atoms with van der Waals surface area (Å²) in [5.41, 5.74) is 7.78. The molecule has 2 amide bonds. The Labute approximate surface area is 184 Å². The number of benzene rings is 2. The molecular formula is C23H24FN5O3. The van der Waals surface area contributed by atoms with Crippen molar-refractivity contribution in [1.82, 2.24) is 10.1 Å². The molecule has 4 rings (SSSR count). The second-order valence-electron chi connectivity index (χ2n) is 7.78. The number of primary amides is 1. The van der Waals surface area contributed by atoms with Crippen LogP contribution in [0.1, 0.15) is 25.2 Å². The van der Waals surface area contributed by atoms with Crippen LogP contribution in [0.4, 0.5) is 15.8 Å². The summed E-state index contributed by atoms with van der Waals surface area (Å²) in [5, 5.41) is 6.73. The zero-order chi connectivity index (χ0) is 22.5. The van der Waals surface area contributed by atoms with Crippen LogP contribution in [0.2, 0.25) is 0 Å². The highest BCUT2D eigenvalue weighted by Gasteiger charge is 2.23. The molecule has 9 heteroatoms. The molecule has 1 aromatic heterocycles. The summed E-state index contributed by atoms with van der Waals surface area (Å²) in [5.74, 6) is -0.0771. The first-order valence-electron chi connectivity index (χ1n) is 10.5. The number of carbonyl (C=O) groups excluding carboxylic acids is 2. The van der Waals surface area contributed by atoms with Crippen molar-refractivity contribution in [3.63, 3.8) is 0 Å². The highest BCUT2D eigenvalue weighted by atomic mass is 19.1. The van der Waals surface area contributed by atoms with Gasteiger partial charge in [0.25, 0.3) is 0 Å². The van der Waals surface area contributed by atoms with E-state index in [1.807, 2.05) is 24.3 Å². The first-order chi connectivity index (χ1) is 15.5. The van der Waals surface area contributed by atoms with Crippen LogP contribution in [0.25, 0.3) is 11.4 Å². The number of hydrogen-bond donors (Lipinski definition) is 2. The van der Waals surface area contributed by atoms with E-state index in [2.05, 4.69) is 20.4 Å². The third-order valence-corrected chi connectivity index (χ3v) is 5.55. The van der Waals surface area contributed by atoms with Crippen molar-refractivity contribution in [3.05, 3.63) is 60.2 Å². The Balaban J connectivity index is 1.26. The first kappa shape index (κ1) is 21.5. The van der Waals surface area contributed by atoms with Gasteiger partial charge in [-0.2, -0.15) is 4.98 Å². The molecule has 8 nitrogen and oxygen atoms in total. The number of hydrogen-bond acceptors (Lipinski definition) is 6. The zero-order valence-corrected chi connectivity index (χ0v) is 17.5. The monoisotopic (exact) mass is 437 g/mol. The van der Waals surface area contributed by atoms with Crippen molar-refractivity contribution in [2.75, 3.05) is 23.3 Å². The molecule has 2 aromatic carbocycles. The Morgan fingerprint density at radius 2 is 1.78 bits per heavy atom. The van der Waals surface area contributed by atoms with Crippen molar-refractivity contribution in [1.29, 1.82) is 0 Å². The quantitative estimate of drug-likeness (QED) is 0.587. The minimum atomic E-state index is -0.338. The number of rotatable bonds is 7. The van der Waals surface area contributed by atoms with Gasteiger partial charge in [-0.1, -0.05) is 5.16 Å². The van der Waals surface area contributed by atoms with Crippen molar-refractivity contribution in [2.24, 2.45) is 11.7 Å². The summed E-state index contributed by atoms with van der Waals surface area (Å²) in [6.45, 7) is 1.56. The Hall–Kier alpha value is -3.75. The fourth-order valence-corrected chi connectivity index (χ4v) is 3.69. The Morgan fingerprint density at radius 3 is 2.44 bits per heavy atom. The average molecular weight is 437 g/mol. The van der Waals surface area contributed by atoms with Gasteiger partial charge in [-0.15, -0.1) is 0 Å². The van der Waals surface area contributed by atoms with E-state index in [0.29, 0.717) is 29.4 Å². The van der Waals surface area contributed by atoms with E-state index in [0.717, 1.165) is 31.6 Å². The average Bonchev–Trinajstić information content (AvgIpc) is 3.28. The third kappa shape index (κ3) is 5.29. The minimum absolute atomic E-state index is 0.0459. The molecule has 1 saturated heterocycles. The highest BCUT2D eigenvalue weighted by molar-refractivity contribution is 5.91. The molecule has 166 valence electrons. The van der Waals surface area contributed by atoms with Crippen LogP contribution in [0.15, 0.2) is 53.1 Å². The van der Waals surface area contributed by atoms with Gasteiger partial charge in [0.1, 0.15) is 5.82 Å².